The number of ether oxygens (including phenoxy) is 2. The number of aryl methyl sites for hydroxylation is 1. The van der Waals surface area contributed by atoms with Crippen LogP contribution in [0, 0.1) is 0 Å². The van der Waals surface area contributed by atoms with E-state index in [1.165, 1.54) is 14.2 Å². The molecule has 0 aliphatic carbocycles. The molecule has 0 radical (unpaired) electrons. The number of carbonyl (C=O) groups is 2. The van der Waals surface area contributed by atoms with E-state index in [1.54, 1.807) is 0 Å². The Morgan fingerprint density at radius 1 is 0.735 bits per heavy atom. The van der Waals surface area contributed by atoms with Gasteiger partial charge in [-0.25, -0.2) is 14.7 Å². The maximum Gasteiger partial charge on any atom is 0.345 e. The number of methoxy groups -OCH3 is 2. The normalized spacial score (nSPS) is 11.3. The first-order valence-electron chi connectivity index (χ1n) is 10.6. The van der Waals surface area contributed by atoms with Gasteiger partial charge in [0.1, 0.15) is 26.8 Å². The van der Waals surface area contributed by atoms with Gasteiger partial charge in [0.2, 0.25) is 7.41 Å². The summed E-state index contributed by atoms with van der Waals surface area (Å²) >= 11 is 0. The summed E-state index contributed by atoms with van der Waals surface area (Å²) in [5.74, 6) is -0.625. The zero-order valence-electron chi connectivity index (χ0n) is 19.1. The van der Waals surface area contributed by atoms with Crippen LogP contribution in [0.4, 0.5) is 5.82 Å². The first kappa shape index (κ1) is 23.7. The summed E-state index contributed by atoms with van der Waals surface area (Å²) in [6.07, 6.45) is 0. The Bertz CT molecular complexity index is 1200. The highest BCUT2D eigenvalue weighted by Crippen LogP contribution is 2.56. The van der Waals surface area contributed by atoms with Crippen molar-refractivity contribution < 1.29 is 19.1 Å². The van der Waals surface area contributed by atoms with Crippen LogP contribution in [0.25, 0.3) is 0 Å². The van der Waals surface area contributed by atoms with Crippen LogP contribution in [0.5, 0.6) is 0 Å². The fraction of sp³-hybridized carbons (Fsp3) is 0.115. The molecule has 0 atom stereocenters. The number of rotatable bonds is 7. The Hall–Kier alpha value is -3.46. The van der Waals surface area contributed by atoms with E-state index in [4.69, 9.17) is 9.47 Å². The van der Waals surface area contributed by atoms with Gasteiger partial charge in [0.25, 0.3) is 0 Å². The smallest absolute Gasteiger partial charge is 0.345 e. The molecule has 0 unspecified atom stereocenters. The summed E-state index contributed by atoms with van der Waals surface area (Å²) in [6.45, 7) is 0. The quantitative estimate of drug-likeness (QED) is 0.305. The van der Waals surface area contributed by atoms with Crippen LogP contribution < -0.4 is 21.0 Å². The SMILES string of the molecule is COC(=O)c1pn(C)c(N[P+](c2ccccc2)(c2ccccc2)c2ccccc2)c1C(=O)OC. The average molecular weight is 491 g/mol. The van der Waals surface area contributed by atoms with Gasteiger partial charge in [0.15, 0.2) is 5.82 Å². The van der Waals surface area contributed by atoms with Crippen LogP contribution in [-0.4, -0.2) is 30.5 Å². The molecule has 34 heavy (non-hydrogen) atoms. The van der Waals surface area contributed by atoms with Crippen molar-refractivity contribution in [1.29, 1.82) is 0 Å². The van der Waals surface area contributed by atoms with Crippen molar-refractivity contribution in [1.82, 2.24) is 4.33 Å². The fourth-order valence-corrected chi connectivity index (χ4v) is 8.76. The standard InChI is InChI=1S/C26H24N2O4P2/c1-28-24(22(25(29)31-2)23(33-28)26(30)32-3)27-34(19-13-7-4-8-14-19,20-15-9-5-10-16-20)21-17-11-6-12-18-21/h4-18H,1-3H3/p+1. The Labute approximate surface area is 201 Å². The largest absolute Gasteiger partial charge is 0.465 e. The summed E-state index contributed by atoms with van der Waals surface area (Å²) in [6, 6.07) is 30.6. The zero-order valence-corrected chi connectivity index (χ0v) is 20.9. The molecule has 6 nitrogen and oxygen atoms in total. The molecule has 0 spiro atoms. The van der Waals surface area contributed by atoms with Crippen LogP contribution in [0.2, 0.25) is 0 Å². The molecule has 1 heterocycles. The molecule has 4 aromatic rings. The van der Waals surface area contributed by atoms with E-state index < -0.39 is 19.4 Å². The summed E-state index contributed by atoms with van der Waals surface area (Å²) in [7, 11) is 2.46. The second-order valence-electron chi connectivity index (χ2n) is 7.47. The number of carbonyl (C=O) groups excluding carboxylic acids is 2. The third-order valence-corrected chi connectivity index (χ3v) is 10.4. The van der Waals surface area contributed by atoms with Crippen molar-refractivity contribution >= 4 is 49.4 Å². The number of nitrogens with one attached hydrogen (secondary N) is 1. The van der Waals surface area contributed by atoms with Crippen LogP contribution in [0.1, 0.15) is 20.4 Å². The molecular formula is C26H25N2O4P2+. The number of aromatic nitrogens is 1. The number of esters is 2. The Balaban J connectivity index is 2.05. The highest BCUT2D eigenvalue weighted by atomic mass is 31.2. The molecule has 1 aromatic heterocycles. The Morgan fingerprint density at radius 3 is 1.53 bits per heavy atom. The van der Waals surface area contributed by atoms with Crippen molar-refractivity contribution in [3.05, 3.63) is 102 Å². The molecule has 0 saturated carbocycles. The van der Waals surface area contributed by atoms with Crippen LogP contribution >= 0.6 is 15.8 Å². The van der Waals surface area contributed by atoms with Crippen molar-refractivity contribution in [2.75, 3.05) is 19.3 Å². The van der Waals surface area contributed by atoms with Crippen LogP contribution in [0.15, 0.2) is 91.0 Å². The summed E-state index contributed by atoms with van der Waals surface area (Å²) in [5.41, 5.74) is 0.186. The zero-order chi connectivity index (χ0) is 24.1. The fourth-order valence-electron chi connectivity index (χ4n) is 3.94. The molecule has 4 rings (SSSR count). The molecule has 0 fully saturated rings. The van der Waals surface area contributed by atoms with Gasteiger partial charge >= 0.3 is 11.9 Å². The van der Waals surface area contributed by atoms with E-state index in [0.29, 0.717) is 14.2 Å². The number of hydrogen-bond donors (Lipinski definition) is 1. The van der Waals surface area contributed by atoms with E-state index in [2.05, 4.69) is 41.5 Å². The third-order valence-electron chi connectivity index (χ3n) is 5.52. The van der Waals surface area contributed by atoms with Gasteiger partial charge in [0, 0.05) is 15.4 Å². The summed E-state index contributed by atoms with van der Waals surface area (Å²) < 4.78 is 11.9. The van der Waals surface area contributed by atoms with E-state index in [9.17, 15) is 9.59 Å². The van der Waals surface area contributed by atoms with Gasteiger partial charge in [-0.05, 0) is 36.4 Å². The van der Waals surface area contributed by atoms with Crippen molar-refractivity contribution in [2.45, 2.75) is 0 Å². The maximum absolute atomic E-state index is 12.9. The molecule has 3 aromatic carbocycles. The highest BCUT2D eigenvalue weighted by molar-refractivity contribution is 7.96. The minimum absolute atomic E-state index is 0.186. The van der Waals surface area contributed by atoms with Crippen LogP contribution in [0.3, 0.4) is 0 Å². The van der Waals surface area contributed by atoms with E-state index in [0.717, 1.165) is 15.9 Å². The molecule has 0 aliphatic rings. The molecular weight excluding hydrogens is 466 g/mol. The number of nitrogens with zero attached hydrogens (tertiary/aromatic N) is 1. The summed E-state index contributed by atoms with van der Waals surface area (Å²) in [5, 5.41) is 7.28. The summed E-state index contributed by atoms with van der Waals surface area (Å²) in [4.78, 5) is 25.5. The maximum atomic E-state index is 12.9. The molecule has 0 aliphatic heterocycles. The van der Waals surface area contributed by atoms with Gasteiger partial charge in [-0.15, -0.1) is 0 Å². The van der Waals surface area contributed by atoms with Crippen molar-refractivity contribution in [3.63, 3.8) is 0 Å². The Kier molecular flexibility index (Phi) is 7.12. The van der Waals surface area contributed by atoms with Gasteiger partial charge in [-0.1, -0.05) is 54.6 Å². The number of hydrogen-bond acceptors (Lipinski definition) is 5. The van der Waals surface area contributed by atoms with Crippen molar-refractivity contribution in [2.24, 2.45) is 7.05 Å². The molecule has 0 amide bonds. The predicted octanol–water partition coefficient (Wildman–Crippen LogP) is 4.50. The van der Waals surface area contributed by atoms with Gasteiger partial charge in [-0.3, -0.25) is 0 Å². The average Bonchev–Trinajstić information content (AvgIpc) is 3.23. The molecule has 172 valence electrons. The van der Waals surface area contributed by atoms with Crippen LogP contribution in [-0.2, 0) is 16.5 Å². The lowest BCUT2D eigenvalue weighted by atomic mass is 10.2. The predicted molar refractivity (Wildman–Crippen MR) is 139 cm³/mol. The topological polar surface area (TPSA) is 69.6 Å². The lowest BCUT2D eigenvalue weighted by Crippen LogP contribution is -2.36. The molecule has 8 heteroatoms. The van der Waals surface area contributed by atoms with E-state index in [1.807, 2.05) is 66.0 Å². The number of benzene rings is 3. The molecule has 1 N–H and O–H groups in total. The minimum Gasteiger partial charge on any atom is -0.465 e. The lowest BCUT2D eigenvalue weighted by Gasteiger charge is -2.28. The molecule has 0 bridgehead atoms. The van der Waals surface area contributed by atoms with Crippen molar-refractivity contribution in [3.8, 4) is 0 Å². The van der Waals surface area contributed by atoms with E-state index in [-0.39, 0.29) is 10.9 Å². The second kappa shape index (κ2) is 10.2. The van der Waals surface area contributed by atoms with Gasteiger partial charge < -0.3 is 13.8 Å². The lowest BCUT2D eigenvalue weighted by molar-refractivity contribution is 0.0561. The molecule has 0 saturated heterocycles. The third kappa shape index (κ3) is 4.23. The van der Waals surface area contributed by atoms with E-state index >= 15 is 0 Å². The Morgan fingerprint density at radius 2 is 1.15 bits per heavy atom. The second-order valence-corrected chi connectivity index (χ2v) is 11.8. The van der Waals surface area contributed by atoms with Gasteiger partial charge in [-0.2, -0.15) is 0 Å². The highest BCUT2D eigenvalue weighted by Gasteiger charge is 2.48. The first-order chi connectivity index (χ1) is 16.5. The number of anilines is 1. The first-order valence-corrected chi connectivity index (χ1v) is 13.2. The minimum atomic E-state index is -2.52. The monoisotopic (exact) mass is 491 g/mol. The van der Waals surface area contributed by atoms with Gasteiger partial charge in [0.05, 0.1) is 14.2 Å².